The molecule has 6 heteroatoms. The molecule has 0 aliphatic heterocycles. The Balaban J connectivity index is 2.39. The maximum absolute atomic E-state index is 13.6. The number of alkyl halides is 3. The van der Waals surface area contributed by atoms with Gasteiger partial charge in [0.15, 0.2) is 11.6 Å². The van der Waals surface area contributed by atoms with E-state index < -0.39 is 18.4 Å². The quantitative estimate of drug-likeness (QED) is 0.577. The zero-order valence-electron chi connectivity index (χ0n) is 11.4. The van der Waals surface area contributed by atoms with Crippen LogP contribution >= 0.6 is 0 Å². The Morgan fingerprint density at radius 2 is 2.00 bits per heavy atom. The summed E-state index contributed by atoms with van der Waals surface area (Å²) in [6.07, 6.45) is -4.31. The summed E-state index contributed by atoms with van der Waals surface area (Å²) in [4.78, 5) is 0. The van der Waals surface area contributed by atoms with Crippen molar-refractivity contribution in [2.45, 2.75) is 38.9 Å². The van der Waals surface area contributed by atoms with E-state index in [0.29, 0.717) is 6.54 Å². The fraction of sp³-hybridized carbons (Fsp3) is 0.571. The number of rotatable bonds is 8. The zero-order valence-corrected chi connectivity index (χ0v) is 11.4. The highest BCUT2D eigenvalue weighted by Gasteiger charge is 2.26. The standard InChI is InChI=1S/C14H19F4NO/c1-2-7-19-10-11-4-5-13(12(15)9-11)20-8-3-6-14(16,17)18/h4-5,9,19H,2-3,6-8,10H2,1H3. The predicted molar refractivity (Wildman–Crippen MR) is 69.2 cm³/mol. The van der Waals surface area contributed by atoms with Gasteiger partial charge < -0.3 is 10.1 Å². The van der Waals surface area contributed by atoms with Crippen molar-refractivity contribution in [2.75, 3.05) is 13.2 Å². The number of nitrogens with one attached hydrogen (secondary N) is 1. The van der Waals surface area contributed by atoms with Crippen LogP contribution < -0.4 is 10.1 Å². The van der Waals surface area contributed by atoms with Gasteiger partial charge in [0, 0.05) is 13.0 Å². The van der Waals surface area contributed by atoms with Gasteiger partial charge in [-0.05, 0) is 37.1 Å². The molecule has 0 radical (unpaired) electrons. The molecule has 1 N–H and O–H groups in total. The van der Waals surface area contributed by atoms with Crippen molar-refractivity contribution in [2.24, 2.45) is 0 Å². The first-order valence-corrected chi connectivity index (χ1v) is 6.61. The van der Waals surface area contributed by atoms with Crippen LogP contribution in [0.1, 0.15) is 31.7 Å². The minimum Gasteiger partial charge on any atom is -0.491 e. The van der Waals surface area contributed by atoms with Crippen LogP contribution in [0, 0.1) is 5.82 Å². The number of halogens is 4. The summed E-state index contributed by atoms with van der Waals surface area (Å²) in [5.74, 6) is -0.556. The lowest BCUT2D eigenvalue weighted by Gasteiger charge is -2.10. The molecule has 1 rings (SSSR count). The molecule has 20 heavy (non-hydrogen) atoms. The van der Waals surface area contributed by atoms with Crippen LogP contribution in [0.25, 0.3) is 0 Å². The topological polar surface area (TPSA) is 21.3 Å². The third kappa shape index (κ3) is 6.75. The Morgan fingerprint density at radius 3 is 2.60 bits per heavy atom. The average Bonchev–Trinajstić information content (AvgIpc) is 2.36. The fourth-order valence-corrected chi connectivity index (χ4v) is 1.64. The lowest BCUT2D eigenvalue weighted by Crippen LogP contribution is -2.14. The van der Waals surface area contributed by atoms with Crippen molar-refractivity contribution in [1.82, 2.24) is 5.32 Å². The molecule has 0 aliphatic rings. The molecule has 0 saturated carbocycles. The fourth-order valence-electron chi connectivity index (χ4n) is 1.64. The summed E-state index contributed by atoms with van der Waals surface area (Å²) in [6.45, 7) is 3.28. The Kier molecular flexibility index (Phi) is 6.78. The van der Waals surface area contributed by atoms with Gasteiger partial charge in [-0.1, -0.05) is 13.0 Å². The van der Waals surface area contributed by atoms with Crippen LogP contribution in [0.15, 0.2) is 18.2 Å². The summed E-state index contributed by atoms with van der Waals surface area (Å²) < 4.78 is 54.4. The minimum atomic E-state index is -4.20. The lowest BCUT2D eigenvalue weighted by atomic mass is 10.2. The largest absolute Gasteiger partial charge is 0.491 e. The highest BCUT2D eigenvalue weighted by atomic mass is 19.4. The summed E-state index contributed by atoms with van der Waals surface area (Å²) in [7, 11) is 0. The highest BCUT2D eigenvalue weighted by molar-refractivity contribution is 5.29. The smallest absolute Gasteiger partial charge is 0.389 e. The van der Waals surface area contributed by atoms with E-state index in [1.165, 1.54) is 12.1 Å². The van der Waals surface area contributed by atoms with E-state index in [1.54, 1.807) is 6.07 Å². The van der Waals surface area contributed by atoms with Crippen molar-refractivity contribution in [1.29, 1.82) is 0 Å². The van der Waals surface area contributed by atoms with Gasteiger partial charge in [-0.2, -0.15) is 13.2 Å². The predicted octanol–water partition coefficient (Wildman–Crippen LogP) is 4.05. The molecule has 0 unspecified atom stereocenters. The van der Waals surface area contributed by atoms with E-state index in [1.807, 2.05) is 6.92 Å². The highest BCUT2D eigenvalue weighted by Crippen LogP contribution is 2.22. The third-order valence-electron chi connectivity index (χ3n) is 2.61. The van der Waals surface area contributed by atoms with Gasteiger partial charge in [0.05, 0.1) is 6.61 Å². The number of hydrogen-bond acceptors (Lipinski definition) is 2. The molecule has 1 aromatic rings. The maximum Gasteiger partial charge on any atom is 0.389 e. The lowest BCUT2D eigenvalue weighted by molar-refractivity contribution is -0.136. The van der Waals surface area contributed by atoms with Crippen LogP contribution in [-0.4, -0.2) is 19.3 Å². The van der Waals surface area contributed by atoms with E-state index in [4.69, 9.17) is 4.74 Å². The van der Waals surface area contributed by atoms with Crippen molar-refractivity contribution in [3.63, 3.8) is 0 Å². The van der Waals surface area contributed by atoms with Gasteiger partial charge in [-0.25, -0.2) is 4.39 Å². The third-order valence-corrected chi connectivity index (χ3v) is 2.61. The maximum atomic E-state index is 13.6. The number of ether oxygens (including phenoxy) is 1. The zero-order chi connectivity index (χ0) is 15.0. The summed E-state index contributed by atoms with van der Waals surface area (Å²) in [5.41, 5.74) is 0.776. The monoisotopic (exact) mass is 293 g/mol. The molecule has 2 nitrogen and oxygen atoms in total. The number of hydrogen-bond donors (Lipinski definition) is 1. The Hall–Kier alpha value is -1.30. The van der Waals surface area contributed by atoms with Gasteiger partial charge in [0.1, 0.15) is 0 Å². The molecule has 0 aromatic heterocycles. The van der Waals surface area contributed by atoms with Gasteiger partial charge in [-0.15, -0.1) is 0 Å². The Bertz CT molecular complexity index is 407. The molecule has 0 heterocycles. The first kappa shape index (κ1) is 16.8. The van der Waals surface area contributed by atoms with Gasteiger partial charge in [0.2, 0.25) is 0 Å². The van der Waals surface area contributed by atoms with E-state index in [0.717, 1.165) is 18.5 Å². The molecule has 114 valence electrons. The second kappa shape index (κ2) is 8.09. The van der Waals surface area contributed by atoms with Crippen molar-refractivity contribution in [3.05, 3.63) is 29.6 Å². The van der Waals surface area contributed by atoms with Crippen molar-refractivity contribution >= 4 is 0 Å². The minimum absolute atomic E-state index is 0.00795. The molecule has 0 spiro atoms. The van der Waals surface area contributed by atoms with Gasteiger partial charge in [0.25, 0.3) is 0 Å². The number of benzene rings is 1. The molecule has 0 atom stereocenters. The van der Waals surface area contributed by atoms with Crippen LogP contribution in [0.4, 0.5) is 17.6 Å². The normalized spacial score (nSPS) is 11.7. The summed E-state index contributed by atoms with van der Waals surface area (Å²) in [5, 5.41) is 3.13. The van der Waals surface area contributed by atoms with Crippen molar-refractivity contribution < 1.29 is 22.3 Å². The molecule has 1 aromatic carbocycles. The second-order valence-corrected chi connectivity index (χ2v) is 4.51. The Labute approximate surface area is 116 Å². The van der Waals surface area contributed by atoms with Gasteiger partial charge in [-0.3, -0.25) is 0 Å². The first-order chi connectivity index (χ1) is 9.42. The van der Waals surface area contributed by atoms with Crippen LogP contribution in [0.5, 0.6) is 5.75 Å². The molecule has 0 bridgehead atoms. The van der Waals surface area contributed by atoms with E-state index in [-0.39, 0.29) is 18.8 Å². The molecular weight excluding hydrogens is 274 g/mol. The Morgan fingerprint density at radius 1 is 1.25 bits per heavy atom. The molecule has 0 fully saturated rings. The van der Waals surface area contributed by atoms with E-state index in [2.05, 4.69) is 5.32 Å². The molecule has 0 saturated heterocycles. The van der Waals surface area contributed by atoms with E-state index in [9.17, 15) is 17.6 Å². The average molecular weight is 293 g/mol. The van der Waals surface area contributed by atoms with Crippen LogP contribution in [0.2, 0.25) is 0 Å². The first-order valence-electron chi connectivity index (χ1n) is 6.61. The molecular formula is C14H19F4NO. The molecule has 0 amide bonds. The van der Waals surface area contributed by atoms with Crippen LogP contribution in [-0.2, 0) is 6.54 Å². The van der Waals surface area contributed by atoms with Crippen LogP contribution in [0.3, 0.4) is 0 Å². The second-order valence-electron chi connectivity index (χ2n) is 4.51. The molecule has 0 aliphatic carbocycles. The van der Waals surface area contributed by atoms with E-state index >= 15 is 0 Å². The summed E-state index contributed by atoms with van der Waals surface area (Å²) >= 11 is 0. The van der Waals surface area contributed by atoms with Gasteiger partial charge >= 0.3 is 6.18 Å². The van der Waals surface area contributed by atoms with Crippen molar-refractivity contribution in [3.8, 4) is 5.75 Å². The summed E-state index contributed by atoms with van der Waals surface area (Å²) in [6, 6.07) is 4.48. The SMILES string of the molecule is CCCNCc1ccc(OCCCC(F)(F)F)c(F)c1.